The molecule has 1 fully saturated rings. The zero-order chi connectivity index (χ0) is 16.4. The maximum Gasteiger partial charge on any atom is 0.417 e. The van der Waals surface area contributed by atoms with Crippen LogP contribution in [0, 0.1) is 0 Å². The highest BCUT2D eigenvalue weighted by Crippen LogP contribution is 2.29. The standard InChI is InChI=1S/C14H17F3N6/c15-14(16,17)9-5-6-11-21-22-12(23(11)8-9)7-19-13(18)20-10-3-1-2-4-10/h5-6,8,10H,1-4,7H2,(H3,18,19,20). The molecule has 0 saturated heterocycles. The first-order chi connectivity index (χ1) is 10.9. The van der Waals surface area contributed by atoms with Crippen molar-refractivity contribution in [2.45, 2.75) is 44.4 Å². The van der Waals surface area contributed by atoms with Gasteiger partial charge in [-0.15, -0.1) is 10.2 Å². The number of guanidine groups is 1. The van der Waals surface area contributed by atoms with Gasteiger partial charge in [0.05, 0.1) is 5.56 Å². The van der Waals surface area contributed by atoms with Crippen molar-refractivity contribution in [2.75, 3.05) is 0 Å². The summed E-state index contributed by atoms with van der Waals surface area (Å²) in [5, 5.41) is 10.8. The number of pyridine rings is 1. The summed E-state index contributed by atoms with van der Waals surface area (Å²) < 4.78 is 39.6. The molecule has 1 saturated carbocycles. The lowest BCUT2D eigenvalue weighted by Gasteiger charge is -2.12. The Bertz CT molecular complexity index is 715. The predicted octanol–water partition coefficient (Wildman–Crippen LogP) is 2.09. The molecule has 1 aliphatic rings. The number of nitrogens with zero attached hydrogens (tertiary/aromatic N) is 4. The average molecular weight is 326 g/mol. The third-order valence-corrected chi connectivity index (χ3v) is 3.90. The monoisotopic (exact) mass is 326 g/mol. The molecule has 2 aromatic heterocycles. The Kier molecular flexibility index (Phi) is 4.10. The summed E-state index contributed by atoms with van der Waals surface area (Å²) in [6.07, 6.45) is 1.00. The third-order valence-electron chi connectivity index (χ3n) is 3.90. The quantitative estimate of drug-likeness (QED) is 0.668. The molecule has 0 bridgehead atoms. The minimum atomic E-state index is -4.41. The van der Waals surface area contributed by atoms with Gasteiger partial charge in [-0.2, -0.15) is 13.2 Å². The molecule has 0 unspecified atom stereocenters. The summed E-state index contributed by atoms with van der Waals surface area (Å²) in [5.41, 5.74) is 5.40. The van der Waals surface area contributed by atoms with Gasteiger partial charge in [0, 0.05) is 12.2 Å². The van der Waals surface area contributed by atoms with E-state index in [1.54, 1.807) is 0 Å². The number of nitrogens with one attached hydrogen (secondary N) is 1. The van der Waals surface area contributed by atoms with Gasteiger partial charge in [-0.05, 0) is 25.0 Å². The molecule has 2 heterocycles. The lowest BCUT2D eigenvalue weighted by atomic mass is 10.2. The number of alkyl halides is 3. The van der Waals surface area contributed by atoms with Gasteiger partial charge < -0.3 is 11.1 Å². The van der Waals surface area contributed by atoms with Crippen LogP contribution in [-0.2, 0) is 12.7 Å². The van der Waals surface area contributed by atoms with Crippen LogP contribution in [0.3, 0.4) is 0 Å². The van der Waals surface area contributed by atoms with Gasteiger partial charge in [-0.25, -0.2) is 4.99 Å². The molecule has 0 aromatic carbocycles. The van der Waals surface area contributed by atoms with E-state index in [1.807, 2.05) is 0 Å². The summed E-state index contributed by atoms with van der Waals surface area (Å²) in [4.78, 5) is 4.15. The molecule has 0 spiro atoms. The predicted molar refractivity (Wildman–Crippen MR) is 78.7 cm³/mol. The van der Waals surface area contributed by atoms with Gasteiger partial charge in [0.1, 0.15) is 6.54 Å². The molecule has 0 aliphatic heterocycles. The maximum absolute atomic E-state index is 12.8. The lowest BCUT2D eigenvalue weighted by molar-refractivity contribution is -0.137. The van der Waals surface area contributed by atoms with E-state index in [-0.39, 0.29) is 12.5 Å². The molecular weight excluding hydrogens is 309 g/mol. The first-order valence-electron chi connectivity index (χ1n) is 7.41. The number of nitrogens with two attached hydrogens (primary N) is 1. The van der Waals surface area contributed by atoms with E-state index in [9.17, 15) is 13.2 Å². The summed E-state index contributed by atoms with van der Waals surface area (Å²) in [7, 11) is 0. The van der Waals surface area contributed by atoms with Crippen molar-refractivity contribution in [3.8, 4) is 0 Å². The van der Waals surface area contributed by atoms with Crippen molar-refractivity contribution in [1.29, 1.82) is 0 Å². The fourth-order valence-electron chi connectivity index (χ4n) is 2.69. The van der Waals surface area contributed by atoms with Crippen molar-refractivity contribution in [3.05, 3.63) is 29.7 Å². The van der Waals surface area contributed by atoms with Crippen molar-refractivity contribution in [3.63, 3.8) is 0 Å². The molecule has 3 N–H and O–H groups in total. The van der Waals surface area contributed by atoms with Crippen LogP contribution in [0.4, 0.5) is 13.2 Å². The highest BCUT2D eigenvalue weighted by atomic mass is 19.4. The van der Waals surface area contributed by atoms with E-state index in [0.717, 1.165) is 25.1 Å². The van der Waals surface area contributed by atoms with E-state index >= 15 is 0 Å². The highest BCUT2D eigenvalue weighted by molar-refractivity contribution is 5.78. The van der Waals surface area contributed by atoms with E-state index in [2.05, 4.69) is 20.5 Å². The maximum atomic E-state index is 12.8. The van der Waals surface area contributed by atoms with Crippen LogP contribution in [-0.4, -0.2) is 26.6 Å². The lowest BCUT2D eigenvalue weighted by Crippen LogP contribution is -2.38. The van der Waals surface area contributed by atoms with Crippen LogP contribution >= 0.6 is 0 Å². The number of hydrogen-bond donors (Lipinski definition) is 2. The summed E-state index contributed by atoms with van der Waals surface area (Å²) >= 11 is 0. The zero-order valence-corrected chi connectivity index (χ0v) is 12.3. The van der Waals surface area contributed by atoms with Crippen molar-refractivity contribution in [1.82, 2.24) is 19.9 Å². The van der Waals surface area contributed by atoms with Crippen LogP contribution in [0.1, 0.15) is 37.1 Å². The Morgan fingerprint density at radius 1 is 1.30 bits per heavy atom. The molecule has 1 aliphatic carbocycles. The highest BCUT2D eigenvalue weighted by Gasteiger charge is 2.31. The van der Waals surface area contributed by atoms with Gasteiger partial charge in [0.15, 0.2) is 17.4 Å². The zero-order valence-electron chi connectivity index (χ0n) is 12.3. The second-order valence-electron chi connectivity index (χ2n) is 5.59. The van der Waals surface area contributed by atoms with Crippen LogP contribution in [0.2, 0.25) is 0 Å². The van der Waals surface area contributed by atoms with E-state index in [0.29, 0.717) is 17.5 Å². The number of hydrogen-bond acceptors (Lipinski definition) is 3. The summed E-state index contributed by atoms with van der Waals surface area (Å²) in [6, 6.07) is 2.58. The molecule has 0 amide bonds. The Labute approximate surface area is 130 Å². The van der Waals surface area contributed by atoms with E-state index in [1.165, 1.54) is 23.3 Å². The molecular formula is C14H17F3N6. The molecule has 3 rings (SSSR count). The van der Waals surface area contributed by atoms with Crippen molar-refractivity contribution >= 4 is 11.6 Å². The van der Waals surface area contributed by atoms with Crippen LogP contribution in [0.15, 0.2) is 23.3 Å². The first-order valence-corrected chi connectivity index (χ1v) is 7.41. The van der Waals surface area contributed by atoms with Gasteiger partial charge in [-0.3, -0.25) is 4.40 Å². The largest absolute Gasteiger partial charge is 0.417 e. The Hall–Kier alpha value is -2.32. The molecule has 124 valence electrons. The van der Waals surface area contributed by atoms with E-state index in [4.69, 9.17) is 5.73 Å². The minimum absolute atomic E-state index is 0.0635. The molecule has 6 nitrogen and oxygen atoms in total. The topological polar surface area (TPSA) is 80.6 Å². The number of aromatic nitrogens is 3. The Morgan fingerprint density at radius 3 is 2.74 bits per heavy atom. The third kappa shape index (κ3) is 3.54. The Balaban J connectivity index is 1.76. The number of fused-ring (bicyclic) bond motifs is 1. The average Bonchev–Trinajstić information content (AvgIpc) is 3.13. The van der Waals surface area contributed by atoms with Gasteiger partial charge in [0.25, 0.3) is 0 Å². The van der Waals surface area contributed by atoms with E-state index < -0.39 is 11.7 Å². The molecule has 0 atom stereocenters. The van der Waals surface area contributed by atoms with Gasteiger partial charge in [-0.1, -0.05) is 12.8 Å². The summed E-state index contributed by atoms with van der Waals surface area (Å²) in [6.45, 7) is 0.0635. The Morgan fingerprint density at radius 2 is 2.04 bits per heavy atom. The molecule has 2 aromatic rings. The van der Waals surface area contributed by atoms with Gasteiger partial charge in [0.2, 0.25) is 0 Å². The number of aliphatic imine (C=N–C) groups is 1. The number of halogens is 3. The van der Waals surface area contributed by atoms with Gasteiger partial charge >= 0.3 is 6.18 Å². The van der Waals surface area contributed by atoms with Crippen molar-refractivity contribution < 1.29 is 13.2 Å². The number of rotatable bonds is 3. The van der Waals surface area contributed by atoms with Crippen LogP contribution < -0.4 is 11.1 Å². The fraction of sp³-hybridized carbons (Fsp3) is 0.500. The SMILES string of the molecule is NC(=NCc1nnc2ccc(C(F)(F)F)cn12)NC1CCCC1. The molecule has 9 heteroatoms. The van der Waals surface area contributed by atoms with Crippen molar-refractivity contribution in [2.24, 2.45) is 10.7 Å². The fourth-order valence-corrected chi connectivity index (χ4v) is 2.69. The normalized spacial score (nSPS) is 17.1. The smallest absolute Gasteiger partial charge is 0.370 e. The molecule has 0 radical (unpaired) electrons. The molecule has 23 heavy (non-hydrogen) atoms. The van der Waals surface area contributed by atoms with Crippen LogP contribution in [0.5, 0.6) is 0 Å². The first kappa shape index (κ1) is 15.6. The summed E-state index contributed by atoms with van der Waals surface area (Å²) in [5.74, 6) is 0.586. The second-order valence-corrected chi connectivity index (χ2v) is 5.59. The van der Waals surface area contributed by atoms with Crippen LogP contribution in [0.25, 0.3) is 5.65 Å². The minimum Gasteiger partial charge on any atom is -0.370 e. The second kappa shape index (κ2) is 6.05.